The Bertz CT molecular complexity index is 666. The number of amides is 1. The molecule has 3 rings (SSSR count). The van der Waals surface area contributed by atoms with Crippen LogP contribution in [0.1, 0.15) is 20.8 Å². The normalized spacial score (nSPS) is 15.7. The van der Waals surface area contributed by atoms with Crippen LogP contribution >= 0.6 is 0 Å². The van der Waals surface area contributed by atoms with Gasteiger partial charge in [-0.3, -0.25) is 0 Å². The van der Waals surface area contributed by atoms with Gasteiger partial charge in [0, 0.05) is 36.1 Å². The van der Waals surface area contributed by atoms with Gasteiger partial charge < -0.3 is 19.4 Å². The van der Waals surface area contributed by atoms with Crippen LogP contribution in [-0.4, -0.2) is 41.3 Å². The molecule has 1 aromatic heterocycles. The Morgan fingerprint density at radius 3 is 2.82 bits per heavy atom. The van der Waals surface area contributed by atoms with Crippen LogP contribution in [0.3, 0.4) is 0 Å². The van der Waals surface area contributed by atoms with Crippen molar-refractivity contribution in [3.8, 4) is 5.75 Å². The van der Waals surface area contributed by atoms with Gasteiger partial charge in [0.25, 0.3) is 0 Å². The largest absolute Gasteiger partial charge is 0.492 e. The zero-order valence-electron chi connectivity index (χ0n) is 13.3. The highest BCUT2D eigenvalue weighted by molar-refractivity contribution is 5.85. The van der Waals surface area contributed by atoms with E-state index in [0.29, 0.717) is 25.6 Å². The molecule has 2 aromatic rings. The Balaban J connectivity index is 1.49. The van der Waals surface area contributed by atoms with Gasteiger partial charge in [0.2, 0.25) is 0 Å². The number of fused-ring (bicyclic) bond motifs is 1. The number of benzene rings is 1. The summed E-state index contributed by atoms with van der Waals surface area (Å²) in [7, 11) is 0. The average Bonchev–Trinajstić information content (AvgIpc) is 2.83. The van der Waals surface area contributed by atoms with Crippen LogP contribution in [0.5, 0.6) is 5.75 Å². The molecule has 1 aromatic carbocycles. The second-order valence-electron chi connectivity index (χ2n) is 6.76. The molecule has 0 bridgehead atoms. The van der Waals surface area contributed by atoms with Crippen LogP contribution in [0.15, 0.2) is 30.5 Å². The van der Waals surface area contributed by atoms with E-state index in [4.69, 9.17) is 9.47 Å². The summed E-state index contributed by atoms with van der Waals surface area (Å²) in [4.78, 5) is 16.7. The molecule has 1 fully saturated rings. The van der Waals surface area contributed by atoms with Gasteiger partial charge in [-0.15, -0.1) is 0 Å². The number of ether oxygens (including phenoxy) is 2. The molecule has 0 unspecified atom stereocenters. The number of likely N-dealkylation sites (tertiary alicyclic amines) is 1. The Hall–Kier alpha value is -2.17. The maximum Gasteiger partial charge on any atom is 0.410 e. The number of hydrogen-bond donors (Lipinski definition) is 1. The summed E-state index contributed by atoms with van der Waals surface area (Å²) in [5, 5.41) is 1.09. The minimum Gasteiger partial charge on any atom is -0.492 e. The molecule has 22 heavy (non-hydrogen) atoms. The first-order valence-corrected chi connectivity index (χ1v) is 7.59. The lowest BCUT2D eigenvalue weighted by Crippen LogP contribution is -2.53. The summed E-state index contributed by atoms with van der Waals surface area (Å²) < 4.78 is 11.3. The molecule has 0 radical (unpaired) electrons. The molecule has 5 nitrogen and oxygen atoms in total. The van der Waals surface area contributed by atoms with Crippen LogP contribution in [0.25, 0.3) is 10.9 Å². The van der Waals surface area contributed by atoms with Gasteiger partial charge in [0.05, 0.1) is 6.61 Å². The summed E-state index contributed by atoms with van der Waals surface area (Å²) in [5.74, 6) is 1.25. The molecule has 118 valence electrons. The zero-order chi connectivity index (χ0) is 15.7. The third-order valence-electron chi connectivity index (χ3n) is 3.64. The van der Waals surface area contributed by atoms with Crippen molar-refractivity contribution in [1.82, 2.24) is 9.88 Å². The first-order chi connectivity index (χ1) is 10.4. The van der Waals surface area contributed by atoms with E-state index in [2.05, 4.69) is 4.98 Å². The Morgan fingerprint density at radius 2 is 2.09 bits per heavy atom. The van der Waals surface area contributed by atoms with E-state index in [1.807, 2.05) is 51.2 Å². The molecule has 0 spiro atoms. The number of carbonyl (C=O) groups excluding carboxylic acids is 1. The summed E-state index contributed by atoms with van der Waals surface area (Å²) in [6, 6.07) is 7.98. The van der Waals surface area contributed by atoms with Gasteiger partial charge in [-0.2, -0.15) is 0 Å². The highest BCUT2D eigenvalue weighted by atomic mass is 16.6. The molecule has 2 heterocycles. The topological polar surface area (TPSA) is 54.6 Å². The Labute approximate surface area is 130 Å². The smallest absolute Gasteiger partial charge is 0.410 e. The lowest BCUT2D eigenvalue weighted by Gasteiger charge is -2.39. The highest BCUT2D eigenvalue weighted by Crippen LogP contribution is 2.26. The van der Waals surface area contributed by atoms with Crippen LogP contribution in [0, 0.1) is 5.92 Å². The third-order valence-corrected chi connectivity index (χ3v) is 3.64. The quantitative estimate of drug-likeness (QED) is 0.945. The molecule has 0 atom stereocenters. The molecular weight excluding hydrogens is 280 g/mol. The van der Waals surface area contributed by atoms with Gasteiger partial charge in [-0.05, 0) is 39.0 Å². The van der Waals surface area contributed by atoms with Gasteiger partial charge in [0.15, 0.2) is 0 Å². The van der Waals surface area contributed by atoms with Crippen molar-refractivity contribution in [3.63, 3.8) is 0 Å². The fourth-order valence-corrected chi connectivity index (χ4v) is 2.54. The van der Waals surface area contributed by atoms with Gasteiger partial charge in [-0.25, -0.2) is 4.79 Å². The third kappa shape index (κ3) is 3.18. The SMILES string of the molecule is CC(C)(C)OC(=O)N1CC(COc2cccc3[nH]ccc23)C1. The molecule has 1 aliphatic heterocycles. The van der Waals surface area contributed by atoms with E-state index < -0.39 is 5.60 Å². The van der Waals surface area contributed by atoms with Crippen LogP contribution in [0.2, 0.25) is 0 Å². The highest BCUT2D eigenvalue weighted by Gasteiger charge is 2.34. The molecule has 1 amide bonds. The number of aromatic nitrogens is 1. The molecule has 0 saturated carbocycles. The van der Waals surface area contributed by atoms with E-state index in [1.54, 1.807) is 4.90 Å². The lowest BCUT2D eigenvalue weighted by atomic mass is 10.0. The standard InChI is InChI=1S/C17H22N2O3/c1-17(2,3)22-16(20)19-9-12(10-19)11-21-15-6-4-5-14-13(15)7-8-18-14/h4-8,12,18H,9-11H2,1-3H3. The Morgan fingerprint density at radius 1 is 1.32 bits per heavy atom. The molecule has 1 saturated heterocycles. The molecule has 0 aliphatic carbocycles. The molecule has 1 aliphatic rings. The minimum absolute atomic E-state index is 0.239. The van der Waals surface area contributed by atoms with Gasteiger partial charge in [0.1, 0.15) is 11.4 Å². The van der Waals surface area contributed by atoms with Crippen molar-refractivity contribution >= 4 is 17.0 Å². The van der Waals surface area contributed by atoms with Crippen molar-refractivity contribution in [2.45, 2.75) is 26.4 Å². The van der Waals surface area contributed by atoms with Crippen molar-refractivity contribution in [3.05, 3.63) is 30.5 Å². The molecular formula is C17H22N2O3. The summed E-state index contributed by atoms with van der Waals surface area (Å²) in [5.41, 5.74) is 0.629. The van der Waals surface area contributed by atoms with E-state index in [1.165, 1.54) is 0 Å². The second kappa shape index (κ2) is 5.55. The number of H-pyrrole nitrogens is 1. The number of rotatable bonds is 3. The minimum atomic E-state index is -0.442. The molecule has 1 N–H and O–H groups in total. The van der Waals surface area contributed by atoms with Gasteiger partial charge >= 0.3 is 6.09 Å². The van der Waals surface area contributed by atoms with Crippen LogP contribution in [0.4, 0.5) is 4.79 Å². The van der Waals surface area contributed by atoms with Crippen molar-refractivity contribution in [2.75, 3.05) is 19.7 Å². The Kier molecular flexibility index (Phi) is 3.72. The van der Waals surface area contributed by atoms with E-state index >= 15 is 0 Å². The summed E-state index contributed by atoms with van der Waals surface area (Å²) in [6.45, 7) is 7.63. The predicted molar refractivity (Wildman–Crippen MR) is 85.1 cm³/mol. The zero-order valence-corrected chi connectivity index (χ0v) is 13.3. The fourth-order valence-electron chi connectivity index (χ4n) is 2.54. The molecule has 5 heteroatoms. The van der Waals surface area contributed by atoms with Crippen molar-refractivity contribution in [2.24, 2.45) is 5.92 Å². The van der Waals surface area contributed by atoms with Gasteiger partial charge in [-0.1, -0.05) is 6.07 Å². The monoisotopic (exact) mass is 302 g/mol. The number of nitrogens with zero attached hydrogens (tertiary/aromatic N) is 1. The second-order valence-corrected chi connectivity index (χ2v) is 6.76. The average molecular weight is 302 g/mol. The summed E-state index contributed by atoms with van der Waals surface area (Å²) in [6.07, 6.45) is 1.67. The lowest BCUT2D eigenvalue weighted by molar-refractivity contribution is -0.00772. The van der Waals surface area contributed by atoms with E-state index in [0.717, 1.165) is 16.7 Å². The summed E-state index contributed by atoms with van der Waals surface area (Å²) >= 11 is 0. The van der Waals surface area contributed by atoms with Crippen LogP contribution < -0.4 is 4.74 Å². The number of nitrogens with one attached hydrogen (secondary N) is 1. The first-order valence-electron chi connectivity index (χ1n) is 7.59. The van der Waals surface area contributed by atoms with E-state index in [-0.39, 0.29) is 6.09 Å². The predicted octanol–water partition coefficient (Wildman–Crippen LogP) is 3.41. The van der Waals surface area contributed by atoms with Crippen molar-refractivity contribution in [1.29, 1.82) is 0 Å². The fraction of sp³-hybridized carbons (Fsp3) is 0.471. The number of carbonyl (C=O) groups is 1. The maximum absolute atomic E-state index is 11.9. The maximum atomic E-state index is 11.9. The van der Waals surface area contributed by atoms with Crippen molar-refractivity contribution < 1.29 is 14.3 Å². The number of aromatic amines is 1. The van der Waals surface area contributed by atoms with Crippen LogP contribution in [-0.2, 0) is 4.74 Å². The first kappa shape index (κ1) is 14.8. The van der Waals surface area contributed by atoms with E-state index in [9.17, 15) is 4.79 Å². The number of hydrogen-bond acceptors (Lipinski definition) is 3.